The SMILES string of the molecule is O=S(=O)(NS(=O)(=O)c1ccccn1)c1ccccn1.[HH]. The maximum Gasteiger partial charge on any atom is 0.271 e. The Labute approximate surface area is 111 Å². The van der Waals surface area contributed by atoms with Gasteiger partial charge in [0.25, 0.3) is 20.0 Å². The molecule has 0 aliphatic carbocycles. The normalized spacial score (nSPS) is 12.2. The van der Waals surface area contributed by atoms with Crippen molar-refractivity contribution in [2.45, 2.75) is 10.1 Å². The van der Waals surface area contributed by atoms with Crippen LogP contribution in [0.3, 0.4) is 0 Å². The Hall–Kier alpha value is -1.84. The van der Waals surface area contributed by atoms with Crippen molar-refractivity contribution in [2.24, 2.45) is 0 Å². The van der Waals surface area contributed by atoms with Crippen LogP contribution in [0, 0.1) is 0 Å². The van der Waals surface area contributed by atoms with Crippen molar-refractivity contribution in [2.75, 3.05) is 0 Å². The first-order valence-corrected chi connectivity index (χ1v) is 7.99. The number of nitrogens with zero attached hydrogens (tertiary/aromatic N) is 2. The van der Waals surface area contributed by atoms with Crippen LogP contribution in [0.25, 0.3) is 0 Å². The van der Waals surface area contributed by atoms with Crippen LogP contribution in [0.1, 0.15) is 1.43 Å². The monoisotopic (exact) mass is 301 g/mol. The van der Waals surface area contributed by atoms with Gasteiger partial charge in [-0.15, -0.1) is 0 Å². The molecule has 0 radical (unpaired) electrons. The lowest BCUT2D eigenvalue weighted by atomic mass is 10.5. The van der Waals surface area contributed by atoms with Crippen LogP contribution in [-0.2, 0) is 20.0 Å². The third-order valence-corrected chi connectivity index (χ3v) is 5.39. The molecule has 19 heavy (non-hydrogen) atoms. The quantitative estimate of drug-likeness (QED) is 0.875. The second kappa shape index (κ2) is 5.03. The molecule has 0 atom stereocenters. The van der Waals surface area contributed by atoms with Crippen LogP contribution in [-0.4, -0.2) is 26.8 Å². The Balaban J connectivity index is 0.00000200. The van der Waals surface area contributed by atoms with E-state index in [4.69, 9.17) is 0 Å². The second-order valence-electron chi connectivity index (χ2n) is 3.43. The zero-order chi connectivity index (χ0) is 13.9. The van der Waals surface area contributed by atoms with Gasteiger partial charge in [-0.3, -0.25) is 0 Å². The van der Waals surface area contributed by atoms with Crippen LogP contribution in [0.15, 0.2) is 58.8 Å². The van der Waals surface area contributed by atoms with Crippen LogP contribution < -0.4 is 4.13 Å². The van der Waals surface area contributed by atoms with E-state index in [1.807, 2.05) is 0 Å². The Morgan fingerprint density at radius 1 is 0.789 bits per heavy atom. The first kappa shape index (κ1) is 13.6. The minimum absolute atomic E-state index is 0. The fraction of sp³-hybridized carbons (Fsp3) is 0. The standard InChI is InChI=1S/C10H9N3O4S2.H2/c14-18(15,9-5-1-3-7-11-9)13-19(16,17)10-6-2-4-8-12-10;/h1-8,13H;1H. The molecule has 0 bridgehead atoms. The third-order valence-electron chi connectivity index (χ3n) is 2.05. The summed E-state index contributed by atoms with van der Waals surface area (Å²) in [5, 5.41) is -0.760. The van der Waals surface area contributed by atoms with Gasteiger partial charge in [0.15, 0.2) is 10.1 Å². The van der Waals surface area contributed by atoms with Gasteiger partial charge in [-0.05, 0) is 24.3 Å². The molecule has 0 amide bonds. The van der Waals surface area contributed by atoms with Crippen molar-refractivity contribution in [1.29, 1.82) is 0 Å². The summed E-state index contributed by atoms with van der Waals surface area (Å²) in [6.45, 7) is 0. The lowest BCUT2D eigenvalue weighted by Crippen LogP contribution is -2.31. The van der Waals surface area contributed by atoms with Crippen LogP contribution in [0.2, 0.25) is 0 Å². The smallest absolute Gasteiger partial charge is 0.243 e. The lowest BCUT2D eigenvalue weighted by molar-refractivity contribution is 0.572. The summed E-state index contributed by atoms with van der Waals surface area (Å²) in [5.41, 5.74) is 0. The molecule has 0 aliphatic rings. The first-order valence-electron chi connectivity index (χ1n) is 5.02. The first-order chi connectivity index (χ1) is 8.92. The highest BCUT2D eigenvalue weighted by atomic mass is 32.3. The summed E-state index contributed by atoms with van der Waals surface area (Å²) in [4.78, 5) is 7.19. The number of hydrogen-bond donors (Lipinski definition) is 1. The molecule has 2 heterocycles. The zero-order valence-corrected chi connectivity index (χ0v) is 11.1. The van der Waals surface area contributed by atoms with E-state index in [0.717, 1.165) is 0 Å². The van der Waals surface area contributed by atoms with Gasteiger partial charge in [0.05, 0.1) is 0 Å². The molecule has 2 rings (SSSR count). The van der Waals surface area contributed by atoms with E-state index in [1.54, 1.807) is 4.13 Å². The molecule has 0 aromatic carbocycles. The average Bonchev–Trinajstić information content (AvgIpc) is 2.40. The third kappa shape index (κ3) is 3.13. The van der Waals surface area contributed by atoms with Gasteiger partial charge in [-0.25, -0.2) is 26.8 Å². The minimum atomic E-state index is -4.26. The molecule has 7 nitrogen and oxygen atoms in total. The Bertz CT molecular complexity index is 697. The summed E-state index contributed by atoms with van der Waals surface area (Å²) in [6, 6.07) is 8.30. The molecule has 0 fully saturated rings. The maximum absolute atomic E-state index is 11.8. The molecule has 0 saturated carbocycles. The van der Waals surface area contributed by atoms with E-state index in [9.17, 15) is 16.8 Å². The molecule has 0 spiro atoms. The number of hydrogen-bond acceptors (Lipinski definition) is 6. The van der Waals surface area contributed by atoms with E-state index in [0.29, 0.717) is 0 Å². The van der Waals surface area contributed by atoms with E-state index in [1.165, 1.54) is 48.8 Å². The molecule has 2 aromatic rings. The minimum Gasteiger partial charge on any atom is -0.243 e. The van der Waals surface area contributed by atoms with Crippen LogP contribution >= 0.6 is 0 Å². The fourth-order valence-electron chi connectivity index (χ4n) is 1.24. The van der Waals surface area contributed by atoms with Gasteiger partial charge in [0.1, 0.15) is 0 Å². The van der Waals surface area contributed by atoms with Gasteiger partial charge in [0.2, 0.25) is 0 Å². The van der Waals surface area contributed by atoms with E-state index in [2.05, 4.69) is 9.97 Å². The predicted octanol–water partition coefficient (Wildman–Crippen LogP) is 0.390. The molecule has 0 aliphatic heterocycles. The fourth-order valence-corrected chi connectivity index (χ4v) is 4.00. The van der Waals surface area contributed by atoms with Gasteiger partial charge in [-0.2, -0.15) is 0 Å². The van der Waals surface area contributed by atoms with Crippen molar-refractivity contribution in [3.05, 3.63) is 48.8 Å². The van der Waals surface area contributed by atoms with E-state index in [-0.39, 0.29) is 11.5 Å². The second-order valence-corrected chi connectivity index (χ2v) is 6.94. The molecular weight excluding hydrogens is 290 g/mol. The summed E-state index contributed by atoms with van der Waals surface area (Å²) in [6.07, 6.45) is 2.50. The summed E-state index contributed by atoms with van der Waals surface area (Å²) in [5.74, 6) is 0. The number of sulfonamides is 2. The summed E-state index contributed by atoms with van der Waals surface area (Å²) >= 11 is 0. The molecule has 1 N–H and O–H groups in total. The maximum atomic E-state index is 11.8. The molecule has 2 aromatic heterocycles. The molecule has 0 saturated heterocycles. The van der Waals surface area contributed by atoms with Crippen molar-refractivity contribution < 1.29 is 18.3 Å². The van der Waals surface area contributed by atoms with Gasteiger partial charge >= 0.3 is 0 Å². The van der Waals surface area contributed by atoms with Crippen LogP contribution in [0.5, 0.6) is 0 Å². The van der Waals surface area contributed by atoms with Gasteiger partial charge < -0.3 is 0 Å². The highest BCUT2D eigenvalue weighted by Gasteiger charge is 2.25. The number of nitrogens with one attached hydrogen (secondary N) is 1. The Morgan fingerprint density at radius 3 is 1.53 bits per heavy atom. The van der Waals surface area contributed by atoms with Crippen LogP contribution in [0.4, 0.5) is 0 Å². The lowest BCUT2D eigenvalue weighted by Gasteiger charge is -2.06. The molecule has 102 valence electrons. The summed E-state index contributed by atoms with van der Waals surface area (Å²) in [7, 11) is -8.51. The van der Waals surface area contributed by atoms with Crippen molar-refractivity contribution in [3.63, 3.8) is 0 Å². The van der Waals surface area contributed by atoms with E-state index < -0.39 is 20.0 Å². The predicted molar refractivity (Wildman–Crippen MR) is 68.1 cm³/mol. The highest BCUT2D eigenvalue weighted by Crippen LogP contribution is 2.09. The zero-order valence-electron chi connectivity index (χ0n) is 9.46. The topological polar surface area (TPSA) is 106 Å². The van der Waals surface area contributed by atoms with Gasteiger partial charge in [-0.1, -0.05) is 16.3 Å². The summed E-state index contributed by atoms with van der Waals surface area (Å²) < 4.78 is 48.9. The number of rotatable bonds is 4. The van der Waals surface area contributed by atoms with Gasteiger partial charge in [0, 0.05) is 13.8 Å². The Kier molecular flexibility index (Phi) is 3.60. The highest BCUT2D eigenvalue weighted by molar-refractivity contribution is 8.04. The molecule has 0 unspecified atom stereocenters. The average molecular weight is 301 g/mol. The van der Waals surface area contributed by atoms with E-state index >= 15 is 0 Å². The van der Waals surface area contributed by atoms with Crippen molar-refractivity contribution in [3.8, 4) is 0 Å². The van der Waals surface area contributed by atoms with Crippen molar-refractivity contribution in [1.82, 2.24) is 14.1 Å². The number of aromatic nitrogens is 2. The Morgan fingerprint density at radius 2 is 1.21 bits per heavy atom. The molecule has 9 heteroatoms. The number of pyridine rings is 2. The molecular formula is C10H11N3O4S2. The largest absolute Gasteiger partial charge is 0.271 e. The van der Waals surface area contributed by atoms with Crippen molar-refractivity contribution >= 4 is 20.0 Å².